The van der Waals surface area contributed by atoms with Crippen molar-refractivity contribution in [2.75, 3.05) is 5.32 Å². The first-order chi connectivity index (χ1) is 11.7. The van der Waals surface area contributed by atoms with Crippen LogP contribution in [0.15, 0.2) is 59.0 Å². The molecule has 0 saturated carbocycles. The third-order valence-corrected chi connectivity index (χ3v) is 3.95. The highest BCUT2D eigenvalue weighted by atomic mass is 16.3. The van der Waals surface area contributed by atoms with Gasteiger partial charge in [0.05, 0.1) is 0 Å². The number of benzene rings is 2. The van der Waals surface area contributed by atoms with Crippen molar-refractivity contribution in [3.8, 4) is 0 Å². The van der Waals surface area contributed by atoms with E-state index in [4.69, 9.17) is 9.83 Å². The van der Waals surface area contributed by atoms with Gasteiger partial charge in [-0.3, -0.25) is 10.2 Å². The zero-order chi connectivity index (χ0) is 16.9. The Labute approximate surface area is 140 Å². The molecule has 1 aromatic heterocycles. The van der Waals surface area contributed by atoms with Gasteiger partial charge in [0.25, 0.3) is 5.91 Å². The van der Waals surface area contributed by atoms with Crippen LogP contribution in [0, 0.1) is 5.41 Å². The van der Waals surface area contributed by atoms with E-state index in [1.807, 2.05) is 42.5 Å². The monoisotopic (exact) mass is 320 g/mol. The molecule has 0 spiro atoms. The average Bonchev–Trinajstić information content (AvgIpc) is 2.60. The van der Waals surface area contributed by atoms with Gasteiger partial charge in [-0.2, -0.15) is 0 Å². The van der Waals surface area contributed by atoms with Gasteiger partial charge >= 0.3 is 0 Å². The Morgan fingerprint density at radius 3 is 2.62 bits per heavy atom. The van der Waals surface area contributed by atoms with Crippen LogP contribution < -0.4 is 10.9 Å². The van der Waals surface area contributed by atoms with E-state index in [0.717, 1.165) is 24.6 Å². The summed E-state index contributed by atoms with van der Waals surface area (Å²) in [6, 6.07) is 16.9. The standard InChI is InChI=1S/C20H20N2O2/c1-2-3-6-14-9-11-16(12-10-14)22-20(23)17-13-15-7-4-5-8-18(15)24-19(17)21/h4-5,7-13,21H,2-3,6H2,1H3,(H,22,23). The molecule has 0 atom stereocenters. The van der Waals surface area contributed by atoms with Gasteiger partial charge in [-0.05, 0) is 42.7 Å². The van der Waals surface area contributed by atoms with Crippen molar-refractivity contribution in [2.24, 2.45) is 0 Å². The summed E-state index contributed by atoms with van der Waals surface area (Å²) >= 11 is 0. The Balaban J connectivity index is 1.79. The summed E-state index contributed by atoms with van der Waals surface area (Å²) in [4.78, 5) is 12.4. The normalized spacial score (nSPS) is 10.7. The van der Waals surface area contributed by atoms with Crippen LogP contribution in [-0.2, 0) is 6.42 Å². The van der Waals surface area contributed by atoms with Crippen LogP contribution in [-0.4, -0.2) is 5.91 Å². The van der Waals surface area contributed by atoms with Gasteiger partial charge in [0, 0.05) is 11.1 Å². The number of amides is 1. The van der Waals surface area contributed by atoms with Crippen LogP contribution >= 0.6 is 0 Å². The van der Waals surface area contributed by atoms with Gasteiger partial charge < -0.3 is 9.73 Å². The fourth-order valence-corrected chi connectivity index (χ4v) is 2.58. The van der Waals surface area contributed by atoms with Gasteiger partial charge in [-0.25, -0.2) is 0 Å². The van der Waals surface area contributed by atoms with E-state index < -0.39 is 0 Å². The summed E-state index contributed by atoms with van der Waals surface area (Å²) < 4.78 is 5.42. The average molecular weight is 320 g/mol. The van der Waals surface area contributed by atoms with E-state index in [1.54, 1.807) is 12.1 Å². The number of unbranched alkanes of at least 4 members (excludes halogenated alkanes) is 1. The van der Waals surface area contributed by atoms with Gasteiger partial charge in [0.2, 0.25) is 5.55 Å². The van der Waals surface area contributed by atoms with Crippen molar-refractivity contribution >= 4 is 22.6 Å². The maximum Gasteiger partial charge on any atom is 0.261 e. The van der Waals surface area contributed by atoms with Crippen LogP contribution in [0.5, 0.6) is 0 Å². The molecule has 0 fully saturated rings. The molecule has 0 aliphatic heterocycles. The number of fused-ring (bicyclic) bond motifs is 1. The minimum atomic E-state index is -0.337. The van der Waals surface area contributed by atoms with Crippen LogP contribution in [0.1, 0.15) is 35.7 Å². The molecule has 1 heterocycles. The Kier molecular flexibility index (Phi) is 4.75. The first-order valence-corrected chi connectivity index (χ1v) is 8.15. The Morgan fingerprint density at radius 1 is 1.12 bits per heavy atom. The van der Waals surface area contributed by atoms with Crippen molar-refractivity contribution < 1.29 is 9.21 Å². The molecule has 3 rings (SSSR count). The zero-order valence-corrected chi connectivity index (χ0v) is 13.6. The van der Waals surface area contributed by atoms with Crippen LogP contribution in [0.4, 0.5) is 5.69 Å². The third-order valence-electron chi connectivity index (χ3n) is 3.95. The molecule has 0 saturated heterocycles. The van der Waals surface area contributed by atoms with E-state index in [2.05, 4.69) is 12.2 Å². The number of hydrogen-bond donors (Lipinski definition) is 2. The first-order valence-electron chi connectivity index (χ1n) is 8.15. The van der Waals surface area contributed by atoms with Crippen molar-refractivity contribution in [3.63, 3.8) is 0 Å². The molecule has 0 bridgehead atoms. The molecule has 0 aliphatic carbocycles. The number of aryl methyl sites for hydroxylation is 1. The summed E-state index contributed by atoms with van der Waals surface area (Å²) in [5.41, 5.74) is 2.67. The van der Waals surface area contributed by atoms with Gasteiger partial charge in [-0.15, -0.1) is 0 Å². The maximum atomic E-state index is 12.4. The van der Waals surface area contributed by atoms with Crippen LogP contribution in [0.2, 0.25) is 0 Å². The lowest BCUT2D eigenvalue weighted by Crippen LogP contribution is -2.20. The minimum Gasteiger partial charge on any atom is -0.438 e. The predicted octanol–water partition coefficient (Wildman–Crippen LogP) is 4.51. The molecule has 122 valence electrons. The highest BCUT2D eigenvalue weighted by Crippen LogP contribution is 2.15. The highest BCUT2D eigenvalue weighted by molar-refractivity contribution is 6.05. The summed E-state index contributed by atoms with van der Waals surface area (Å²) in [5.74, 6) is -0.337. The SMILES string of the molecule is CCCCc1ccc(NC(=O)c2cc3ccccc3oc2=N)cc1. The Hall–Kier alpha value is -2.88. The number of rotatable bonds is 5. The summed E-state index contributed by atoms with van der Waals surface area (Å²) in [6.45, 7) is 2.17. The molecular weight excluding hydrogens is 300 g/mol. The van der Waals surface area contributed by atoms with Crippen molar-refractivity contribution in [2.45, 2.75) is 26.2 Å². The minimum absolute atomic E-state index is 0.134. The molecule has 4 nitrogen and oxygen atoms in total. The second kappa shape index (κ2) is 7.13. The topological polar surface area (TPSA) is 66.1 Å². The first kappa shape index (κ1) is 16.0. The number of para-hydroxylation sites is 1. The molecule has 4 heteroatoms. The second-order valence-electron chi connectivity index (χ2n) is 5.78. The molecule has 3 aromatic rings. The molecule has 0 unspecified atom stereocenters. The Bertz CT molecular complexity index is 911. The number of nitrogens with one attached hydrogen (secondary N) is 2. The molecule has 2 aromatic carbocycles. The molecule has 1 amide bonds. The second-order valence-corrected chi connectivity index (χ2v) is 5.78. The number of carbonyl (C=O) groups is 1. The zero-order valence-electron chi connectivity index (χ0n) is 13.6. The van der Waals surface area contributed by atoms with Crippen LogP contribution in [0.25, 0.3) is 11.0 Å². The fourth-order valence-electron chi connectivity index (χ4n) is 2.58. The smallest absolute Gasteiger partial charge is 0.261 e. The quantitative estimate of drug-likeness (QED) is 0.726. The number of hydrogen-bond acceptors (Lipinski definition) is 3. The maximum absolute atomic E-state index is 12.4. The molecular formula is C20H20N2O2. The van der Waals surface area contributed by atoms with E-state index in [-0.39, 0.29) is 17.0 Å². The van der Waals surface area contributed by atoms with E-state index in [0.29, 0.717) is 11.3 Å². The lowest BCUT2D eigenvalue weighted by molar-refractivity contribution is 0.102. The summed E-state index contributed by atoms with van der Waals surface area (Å²) in [5, 5.41) is 11.6. The largest absolute Gasteiger partial charge is 0.438 e. The molecule has 2 N–H and O–H groups in total. The predicted molar refractivity (Wildman–Crippen MR) is 95.1 cm³/mol. The fraction of sp³-hybridized carbons (Fsp3) is 0.200. The third kappa shape index (κ3) is 3.54. The number of carbonyl (C=O) groups excluding carboxylic acids is 1. The van der Waals surface area contributed by atoms with E-state index >= 15 is 0 Å². The van der Waals surface area contributed by atoms with Crippen molar-refractivity contribution in [1.82, 2.24) is 0 Å². The van der Waals surface area contributed by atoms with Crippen molar-refractivity contribution in [1.29, 1.82) is 5.41 Å². The lowest BCUT2D eigenvalue weighted by Gasteiger charge is -2.07. The molecule has 0 aliphatic rings. The number of anilines is 1. The highest BCUT2D eigenvalue weighted by Gasteiger charge is 2.11. The summed E-state index contributed by atoms with van der Waals surface area (Å²) in [7, 11) is 0. The van der Waals surface area contributed by atoms with Crippen LogP contribution in [0.3, 0.4) is 0 Å². The van der Waals surface area contributed by atoms with Gasteiger partial charge in [-0.1, -0.05) is 43.7 Å². The van der Waals surface area contributed by atoms with Crippen molar-refractivity contribution in [3.05, 3.63) is 71.3 Å². The van der Waals surface area contributed by atoms with E-state index in [9.17, 15) is 4.79 Å². The Morgan fingerprint density at radius 2 is 1.88 bits per heavy atom. The summed E-state index contributed by atoms with van der Waals surface area (Å²) in [6.07, 6.45) is 3.37. The molecule has 0 radical (unpaired) electrons. The lowest BCUT2D eigenvalue weighted by atomic mass is 10.1. The van der Waals surface area contributed by atoms with E-state index in [1.165, 1.54) is 5.56 Å². The van der Waals surface area contributed by atoms with Gasteiger partial charge in [0.1, 0.15) is 11.1 Å². The molecule has 24 heavy (non-hydrogen) atoms. The van der Waals surface area contributed by atoms with Gasteiger partial charge in [0.15, 0.2) is 0 Å².